The normalized spacial score (nSPS) is 14.9. The molecule has 0 spiro atoms. The molecule has 0 bridgehead atoms. The van der Waals surface area contributed by atoms with Crippen molar-refractivity contribution in [2.75, 3.05) is 13.2 Å². The van der Waals surface area contributed by atoms with Crippen LogP contribution >= 0.6 is 0 Å². The van der Waals surface area contributed by atoms with Gasteiger partial charge < -0.3 is 10.1 Å². The van der Waals surface area contributed by atoms with E-state index >= 15 is 0 Å². The number of aromatic nitrogens is 2. The standard InChI is InChI=1S/C19H22FN3O2/c20-16-8-6-14(7-9-16)17-10-11-18(23-22-17)25-13-12-21-19(24)15-4-2-1-3-5-15/h6-11,15H,1-5,12-13H2,(H,21,24). The Bertz CT molecular complexity index is 683. The molecule has 1 aromatic carbocycles. The molecule has 3 rings (SSSR count). The number of halogens is 1. The third kappa shape index (κ3) is 4.98. The molecule has 1 aromatic heterocycles. The molecule has 1 amide bonds. The van der Waals surface area contributed by atoms with E-state index in [1.807, 2.05) is 0 Å². The number of benzene rings is 1. The minimum Gasteiger partial charge on any atom is -0.475 e. The van der Waals surface area contributed by atoms with Gasteiger partial charge in [0.15, 0.2) is 0 Å². The zero-order valence-electron chi connectivity index (χ0n) is 14.1. The van der Waals surface area contributed by atoms with Crippen molar-refractivity contribution >= 4 is 5.91 Å². The van der Waals surface area contributed by atoms with Crippen molar-refractivity contribution in [3.05, 3.63) is 42.2 Å². The summed E-state index contributed by atoms with van der Waals surface area (Å²) in [6.45, 7) is 0.805. The van der Waals surface area contributed by atoms with Gasteiger partial charge in [-0.15, -0.1) is 10.2 Å². The van der Waals surface area contributed by atoms with Crippen molar-refractivity contribution in [3.63, 3.8) is 0 Å². The maximum atomic E-state index is 12.9. The minimum absolute atomic E-state index is 0.126. The van der Waals surface area contributed by atoms with Gasteiger partial charge in [0.2, 0.25) is 11.8 Å². The molecule has 25 heavy (non-hydrogen) atoms. The van der Waals surface area contributed by atoms with Crippen molar-refractivity contribution in [2.24, 2.45) is 5.92 Å². The first-order valence-electron chi connectivity index (χ1n) is 8.72. The lowest BCUT2D eigenvalue weighted by atomic mass is 9.89. The number of nitrogens with one attached hydrogen (secondary N) is 1. The van der Waals surface area contributed by atoms with E-state index < -0.39 is 0 Å². The molecule has 0 saturated heterocycles. The minimum atomic E-state index is -0.285. The van der Waals surface area contributed by atoms with Crippen LogP contribution < -0.4 is 10.1 Å². The van der Waals surface area contributed by atoms with Gasteiger partial charge in [0.05, 0.1) is 12.2 Å². The highest BCUT2D eigenvalue weighted by molar-refractivity contribution is 5.78. The Morgan fingerprint density at radius 1 is 1.08 bits per heavy atom. The van der Waals surface area contributed by atoms with Crippen LogP contribution in [0.15, 0.2) is 36.4 Å². The molecule has 0 radical (unpaired) electrons. The third-order valence-electron chi connectivity index (χ3n) is 4.41. The number of carbonyl (C=O) groups excluding carboxylic acids is 1. The summed E-state index contributed by atoms with van der Waals surface area (Å²) in [5.41, 5.74) is 1.44. The van der Waals surface area contributed by atoms with E-state index in [1.165, 1.54) is 18.6 Å². The molecule has 0 atom stereocenters. The second kappa shape index (κ2) is 8.55. The van der Waals surface area contributed by atoms with Crippen LogP contribution in [0.3, 0.4) is 0 Å². The molecule has 1 aliphatic rings. The van der Waals surface area contributed by atoms with Gasteiger partial charge in [-0.25, -0.2) is 4.39 Å². The van der Waals surface area contributed by atoms with Crippen LogP contribution in [0.4, 0.5) is 4.39 Å². The first kappa shape index (κ1) is 17.3. The Morgan fingerprint density at radius 3 is 2.52 bits per heavy atom. The van der Waals surface area contributed by atoms with Gasteiger partial charge in [0, 0.05) is 17.5 Å². The van der Waals surface area contributed by atoms with Crippen LogP contribution in [0.2, 0.25) is 0 Å². The molecule has 1 N–H and O–H groups in total. The molecule has 132 valence electrons. The number of ether oxygens (including phenoxy) is 1. The summed E-state index contributed by atoms with van der Waals surface area (Å²) in [6, 6.07) is 9.57. The van der Waals surface area contributed by atoms with Crippen LogP contribution in [-0.2, 0) is 4.79 Å². The zero-order valence-corrected chi connectivity index (χ0v) is 14.1. The molecule has 6 heteroatoms. The predicted molar refractivity (Wildman–Crippen MR) is 92.5 cm³/mol. The summed E-state index contributed by atoms with van der Waals surface area (Å²) in [7, 11) is 0. The smallest absolute Gasteiger partial charge is 0.233 e. The Kier molecular flexibility index (Phi) is 5.93. The van der Waals surface area contributed by atoms with E-state index in [-0.39, 0.29) is 17.6 Å². The number of carbonyl (C=O) groups is 1. The number of amides is 1. The fourth-order valence-corrected chi connectivity index (χ4v) is 3.01. The first-order chi connectivity index (χ1) is 12.2. The van der Waals surface area contributed by atoms with Crippen LogP contribution in [0.5, 0.6) is 5.88 Å². The van der Waals surface area contributed by atoms with Gasteiger partial charge in [-0.1, -0.05) is 19.3 Å². The van der Waals surface area contributed by atoms with E-state index in [4.69, 9.17) is 4.74 Å². The van der Waals surface area contributed by atoms with E-state index in [0.29, 0.717) is 24.7 Å². The third-order valence-corrected chi connectivity index (χ3v) is 4.41. The van der Waals surface area contributed by atoms with E-state index in [2.05, 4.69) is 15.5 Å². The van der Waals surface area contributed by atoms with Crippen molar-refractivity contribution in [1.29, 1.82) is 0 Å². The molecule has 1 saturated carbocycles. The largest absolute Gasteiger partial charge is 0.475 e. The monoisotopic (exact) mass is 343 g/mol. The topological polar surface area (TPSA) is 64.1 Å². The fraction of sp³-hybridized carbons (Fsp3) is 0.421. The van der Waals surface area contributed by atoms with Gasteiger partial charge in [-0.3, -0.25) is 4.79 Å². The number of nitrogens with zero attached hydrogens (tertiary/aromatic N) is 2. The highest BCUT2D eigenvalue weighted by Crippen LogP contribution is 2.23. The Hall–Kier alpha value is -2.50. The van der Waals surface area contributed by atoms with Crippen molar-refractivity contribution in [2.45, 2.75) is 32.1 Å². The summed E-state index contributed by atoms with van der Waals surface area (Å²) in [5, 5.41) is 11.0. The SMILES string of the molecule is O=C(NCCOc1ccc(-c2ccc(F)cc2)nn1)C1CCCCC1. The van der Waals surface area contributed by atoms with E-state index in [9.17, 15) is 9.18 Å². The van der Waals surface area contributed by atoms with Crippen LogP contribution in [0.25, 0.3) is 11.3 Å². The molecule has 1 aliphatic carbocycles. The van der Waals surface area contributed by atoms with Crippen molar-refractivity contribution < 1.29 is 13.9 Å². The van der Waals surface area contributed by atoms with Crippen molar-refractivity contribution in [1.82, 2.24) is 15.5 Å². The fourth-order valence-electron chi connectivity index (χ4n) is 3.01. The Balaban J connectivity index is 1.42. The molecular formula is C19H22FN3O2. The lowest BCUT2D eigenvalue weighted by Gasteiger charge is -2.20. The van der Waals surface area contributed by atoms with E-state index in [1.54, 1.807) is 24.3 Å². The van der Waals surface area contributed by atoms with Crippen LogP contribution in [0.1, 0.15) is 32.1 Å². The molecular weight excluding hydrogens is 321 g/mol. The molecule has 1 heterocycles. The molecule has 2 aromatic rings. The van der Waals surface area contributed by atoms with Crippen molar-refractivity contribution in [3.8, 4) is 17.1 Å². The average Bonchev–Trinajstić information content (AvgIpc) is 2.67. The second-order valence-corrected chi connectivity index (χ2v) is 6.24. The lowest BCUT2D eigenvalue weighted by Crippen LogP contribution is -2.34. The summed E-state index contributed by atoms with van der Waals surface area (Å²) in [4.78, 5) is 12.0. The van der Waals surface area contributed by atoms with Gasteiger partial charge in [-0.2, -0.15) is 0 Å². The van der Waals surface area contributed by atoms with Gasteiger partial charge in [0.25, 0.3) is 0 Å². The van der Waals surface area contributed by atoms with E-state index in [0.717, 1.165) is 31.2 Å². The molecule has 1 fully saturated rings. The summed E-state index contributed by atoms with van der Waals surface area (Å²) in [5.74, 6) is 0.397. The number of hydrogen-bond acceptors (Lipinski definition) is 4. The summed E-state index contributed by atoms with van der Waals surface area (Å²) < 4.78 is 18.4. The second-order valence-electron chi connectivity index (χ2n) is 6.24. The summed E-state index contributed by atoms with van der Waals surface area (Å²) >= 11 is 0. The highest BCUT2D eigenvalue weighted by atomic mass is 19.1. The Morgan fingerprint density at radius 2 is 1.84 bits per heavy atom. The highest BCUT2D eigenvalue weighted by Gasteiger charge is 2.20. The zero-order chi connectivity index (χ0) is 17.5. The molecule has 5 nitrogen and oxygen atoms in total. The first-order valence-corrected chi connectivity index (χ1v) is 8.72. The predicted octanol–water partition coefficient (Wildman–Crippen LogP) is 3.36. The number of hydrogen-bond donors (Lipinski definition) is 1. The maximum absolute atomic E-state index is 12.9. The lowest BCUT2D eigenvalue weighted by molar-refractivity contribution is -0.126. The van der Waals surface area contributed by atoms with Gasteiger partial charge >= 0.3 is 0 Å². The van der Waals surface area contributed by atoms with Gasteiger partial charge in [0.1, 0.15) is 12.4 Å². The summed E-state index contributed by atoms with van der Waals surface area (Å²) in [6.07, 6.45) is 5.50. The number of rotatable bonds is 6. The quantitative estimate of drug-likeness (QED) is 0.817. The average molecular weight is 343 g/mol. The molecule has 0 aliphatic heterocycles. The Labute approximate surface area is 146 Å². The van der Waals surface area contributed by atoms with Gasteiger partial charge in [-0.05, 0) is 43.2 Å². The van der Waals surface area contributed by atoms with Crippen LogP contribution in [0, 0.1) is 11.7 Å². The van der Waals surface area contributed by atoms with Crippen LogP contribution in [-0.4, -0.2) is 29.3 Å². The molecule has 0 unspecified atom stereocenters. The maximum Gasteiger partial charge on any atom is 0.233 e.